The van der Waals surface area contributed by atoms with E-state index >= 15 is 0 Å². The predicted octanol–water partition coefficient (Wildman–Crippen LogP) is 1.37. The molecule has 1 heterocycles. The first-order valence-corrected chi connectivity index (χ1v) is 8.07. The molecule has 2 unspecified atom stereocenters. The second kappa shape index (κ2) is 7.81. The molecule has 130 valence electrons. The largest absolute Gasteiger partial charge is 0.507 e. The van der Waals surface area contributed by atoms with Gasteiger partial charge in [-0.2, -0.15) is 0 Å². The number of carboxylic acids is 1. The second-order valence-electron chi connectivity index (χ2n) is 5.86. The third-order valence-electron chi connectivity index (χ3n) is 4.14. The van der Waals surface area contributed by atoms with Crippen molar-refractivity contribution in [2.24, 2.45) is 0 Å². The van der Waals surface area contributed by atoms with E-state index in [4.69, 9.17) is 5.11 Å². The fourth-order valence-corrected chi connectivity index (χ4v) is 2.91. The van der Waals surface area contributed by atoms with Crippen LogP contribution in [0.2, 0.25) is 0 Å². The molecule has 0 radical (unpaired) electrons. The second-order valence-corrected chi connectivity index (χ2v) is 5.86. The Kier molecular flexibility index (Phi) is 5.78. The van der Waals surface area contributed by atoms with E-state index in [9.17, 15) is 19.5 Å². The highest BCUT2D eigenvalue weighted by molar-refractivity contribution is 6.00. The van der Waals surface area contributed by atoms with Crippen LogP contribution in [0, 0.1) is 0 Å². The molecule has 3 N–H and O–H groups in total. The number of aliphatic carboxylic acids is 1. The Hall–Kier alpha value is -2.57. The van der Waals surface area contributed by atoms with Crippen LogP contribution in [-0.4, -0.2) is 51.5 Å². The lowest BCUT2D eigenvalue weighted by molar-refractivity contribution is -0.142. The molecule has 2 atom stereocenters. The lowest BCUT2D eigenvalue weighted by atomic mass is 10.1. The van der Waals surface area contributed by atoms with Crippen molar-refractivity contribution in [3.05, 3.63) is 29.8 Å². The quantitative estimate of drug-likeness (QED) is 0.728. The average molecular weight is 334 g/mol. The van der Waals surface area contributed by atoms with Gasteiger partial charge in [-0.25, -0.2) is 4.79 Å². The first-order chi connectivity index (χ1) is 11.5. The topological polar surface area (TPSA) is 107 Å². The number of nitrogens with one attached hydrogen (secondary N) is 1. The van der Waals surface area contributed by atoms with Crippen molar-refractivity contribution >= 4 is 17.8 Å². The van der Waals surface area contributed by atoms with Gasteiger partial charge < -0.3 is 20.4 Å². The third kappa shape index (κ3) is 3.84. The standard InChI is InChI=1S/C17H22N2O5/c1-2-6-12(17(23)24)18-15(21)13-8-5-10-19(13)16(22)11-7-3-4-9-14(11)20/h3-4,7,9,12-13,20H,2,5-6,8,10H2,1H3,(H,18,21)(H,23,24). The summed E-state index contributed by atoms with van der Waals surface area (Å²) in [5, 5.41) is 21.5. The molecule has 1 aliphatic rings. The molecule has 0 bridgehead atoms. The molecule has 1 saturated heterocycles. The van der Waals surface area contributed by atoms with Crippen molar-refractivity contribution in [3.63, 3.8) is 0 Å². The number of benzene rings is 1. The molecule has 0 spiro atoms. The van der Waals surface area contributed by atoms with Crippen LogP contribution >= 0.6 is 0 Å². The zero-order valence-corrected chi connectivity index (χ0v) is 13.6. The maximum atomic E-state index is 12.6. The van der Waals surface area contributed by atoms with E-state index in [2.05, 4.69) is 5.32 Å². The van der Waals surface area contributed by atoms with E-state index in [-0.39, 0.29) is 11.3 Å². The van der Waals surface area contributed by atoms with Crippen LogP contribution in [0.5, 0.6) is 5.75 Å². The number of carboxylic acid groups (broad SMARTS) is 1. The number of nitrogens with zero attached hydrogens (tertiary/aromatic N) is 1. The molecular formula is C17H22N2O5. The van der Waals surface area contributed by atoms with Crippen molar-refractivity contribution in [3.8, 4) is 5.75 Å². The minimum atomic E-state index is -1.08. The van der Waals surface area contributed by atoms with Gasteiger partial charge in [-0.1, -0.05) is 25.5 Å². The fraction of sp³-hybridized carbons (Fsp3) is 0.471. The molecule has 1 aromatic carbocycles. The lowest BCUT2D eigenvalue weighted by Crippen LogP contribution is -2.50. The summed E-state index contributed by atoms with van der Waals surface area (Å²) in [6.45, 7) is 2.24. The third-order valence-corrected chi connectivity index (χ3v) is 4.14. The number of amides is 2. The molecule has 0 aromatic heterocycles. The number of phenolic OH excluding ortho intramolecular Hbond substituents is 1. The predicted molar refractivity (Wildman–Crippen MR) is 86.6 cm³/mol. The number of para-hydroxylation sites is 1. The Morgan fingerprint density at radius 3 is 2.67 bits per heavy atom. The number of carbonyl (C=O) groups excluding carboxylic acids is 2. The Bertz CT molecular complexity index is 631. The number of hydrogen-bond donors (Lipinski definition) is 3. The van der Waals surface area contributed by atoms with Gasteiger partial charge in [0, 0.05) is 6.54 Å². The smallest absolute Gasteiger partial charge is 0.326 e. The zero-order valence-electron chi connectivity index (χ0n) is 13.6. The van der Waals surface area contributed by atoms with Gasteiger partial charge in [0.1, 0.15) is 17.8 Å². The van der Waals surface area contributed by atoms with Gasteiger partial charge in [0.2, 0.25) is 5.91 Å². The molecule has 24 heavy (non-hydrogen) atoms. The summed E-state index contributed by atoms with van der Waals surface area (Å²) in [5.41, 5.74) is 0.139. The molecular weight excluding hydrogens is 312 g/mol. The van der Waals surface area contributed by atoms with Gasteiger partial charge in [-0.05, 0) is 31.4 Å². The van der Waals surface area contributed by atoms with Crippen LogP contribution in [0.4, 0.5) is 0 Å². The molecule has 1 aromatic rings. The Morgan fingerprint density at radius 1 is 1.33 bits per heavy atom. The average Bonchev–Trinajstić information content (AvgIpc) is 3.03. The highest BCUT2D eigenvalue weighted by Crippen LogP contribution is 2.24. The summed E-state index contributed by atoms with van der Waals surface area (Å²) >= 11 is 0. The summed E-state index contributed by atoms with van der Waals surface area (Å²) in [4.78, 5) is 37.6. The van der Waals surface area contributed by atoms with E-state index in [0.29, 0.717) is 32.2 Å². The minimum absolute atomic E-state index is 0.136. The van der Waals surface area contributed by atoms with E-state index < -0.39 is 29.9 Å². The van der Waals surface area contributed by atoms with Crippen molar-refractivity contribution < 1.29 is 24.6 Å². The van der Waals surface area contributed by atoms with Crippen LogP contribution in [0.15, 0.2) is 24.3 Å². The number of hydrogen-bond acceptors (Lipinski definition) is 4. The van der Waals surface area contributed by atoms with Crippen LogP contribution in [-0.2, 0) is 9.59 Å². The number of carbonyl (C=O) groups is 3. The SMILES string of the molecule is CCCC(NC(=O)C1CCCN1C(=O)c1ccccc1O)C(=O)O. The van der Waals surface area contributed by atoms with Crippen LogP contribution in [0.1, 0.15) is 43.0 Å². The van der Waals surface area contributed by atoms with E-state index in [1.165, 1.54) is 17.0 Å². The molecule has 0 aliphatic carbocycles. The van der Waals surface area contributed by atoms with E-state index in [1.54, 1.807) is 12.1 Å². The molecule has 7 heteroatoms. The van der Waals surface area contributed by atoms with E-state index in [0.717, 1.165) is 0 Å². The van der Waals surface area contributed by atoms with Crippen molar-refractivity contribution in [2.45, 2.75) is 44.7 Å². The monoisotopic (exact) mass is 334 g/mol. The molecule has 2 amide bonds. The number of aromatic hydroxyl groups is 1. The maximum absolute atomic E-state index is 12.6. The Balaban J connectivity index is 2.12. The Labute approximate surface area is 140 Å². The molecule has 1 fully saturated rings. The van der Waals surface area contributed by atoms with Gasteiger partial charge in [0.25, 0.3) is 5.91 Å². The Morgan fingerprint density at radius 2 is 2.04 bits per heavy atom. The highest BCUT2D eigenvalue weighted by Gasteiger charge is 2.36. The summed E-state index contributed by atoms with van der Waals surface area (Å²) in [6.07, 6.45) is 2.09. The fourth-order valence-electron chi connectivity index (χ4n) is 2.91. The zero-order chi connectivity index (χ0) is 17.7. The van der Waals surface area contributed by atoms with Crippen molar-refractivity contribution in [2.75, 3.05) is 6.54 Å². The normalized spacial score (nSPS) is 18.2. The van der Waals surface area contributed by atoms with Gasteiger partial charge in [-0.15, -0.1) is 0 Å². The van der Waals surface area contributed by atoms with Gasteiger partial charge in [0.15, 0.2) is 0 Å². The summed E-state index contributed by atoms with van der Waals surface area (Å²) < 4.78 is 0. The van der Waals surface area contributed by atoms with Crippen molar-refractivity contribution in [1.29, 1.82) is 0 Å². The summed E-state index contributed by atoms with van der Waals surface area (Å²) in [7, 11) is 0. The summed E-state index contributed by atoms with van der Waals surface area (Å²) in [5.74, 6) is -2.10. The summed E-state index contributed by atoms with van der Waals surface area (Å²) in [6, 6.07) is 4.51. The molecule has 2 rings (SSSR count). The van der Waals surface area contributed by atoms with Crippen LogP contribution < -0.4 is 5.32 Å². The van der Waals surface area contributed by atoms with Gasteiger partial charge >= 0.3 is 5.97 Å². The molecule has 1 aliphatic heterocycles. The maximum Gasteiger partial charge on any atom is 0.326 e. The minimum Gasteiger partial charge on any atom is -0.507 e. The van der Waals surface area contributed by atoms with Gasteiger partial charge in [0.05, 0.1) is 5.56 Å². The van der Waals surface area contributed by atoms with Crippen LogP contribution in [0.3, 0.4) is 0 Å². The number of likely N-dealkylation sites (tertiary alicyclic amines) is 1. The molecule has 7 nitrogen and oxygen atoms in total. The molecule has 0 saturated carbocycles. The number of phenols is 1. The first kappa shape index (κ1) is 17.8. The highest BCUT2D eigenvalue weighted by atomic mass is 16.4. The van der Waals surface area contributed by atoms with Crippen LogP contribution in [0.25, 0.3) is 0 Å². The first-order valence-electron chi connectivity index (χ1n) is 8.07. The van der Waals surface area contributed by atoms with E-state index in [1.807, 2.05) is 6.92 Å². The van der Waals surface area contributed by atoms with Gasteiger partial charge in [-0.3, -0.25) is 9.59 Å². The lowest BCUT2D eigenvalue weighted by Gasteiger charge is -2.25. The number of rotatable bonds is 6. The van der Waals surface area contributed by atoms with Crippen molar-refractivity contribution in [1.82, 2.24) is 10.2 Å².